The number of anilines is 1. The predicted octanol–water partition coefficient (Wildman–Crippen LogP) is 4.24. The summed E-state index contributed by atoms with van der Waals surface area (Å²) in [6.45, 7) is 5.56. The van der Waals surface area contributed by atoms with E-state index in [1.807, 2.05) is 32.0 Å². The van der Waals surface area contributed by atoms with E-state index in [0.29, 0.717) is 11.3 Å². The van der Waals surface area contributed by atoms with E-state index < -0.39 is 10.0 Å². The van der Waals surface area contributed by atoms with Gasteiger partial charge < -0.3 is 10.1 Å². The van der Waals surface area contributed by atoms with Crippen molar-refractivity contribution >= 4 is 21.6 Å². The molecule has 1 fully saturated rings. The molecular weight excluding hydrogens is 400 g/mol. The van der Waals surface area contributed by atoms with Crippen LogP contribution in [0, 0.1) is 20.8 Å². The maximum absolute atomic E-state index is 12.7. The second kappa shape index (κ2) is 9.62. The molecule has 0 aliphatic heterocycles. The number of aryl methyl sites for hydroxylation is 3. The molecule has 0 unspecified atom stereocenters. The van der Waals surface area contributed by atoms with Gasteiger partial charge in [0.05, 0.1) is 4.90 Å². The minimum absolute atomic E-state index is 0.00825. The van der Waals surface area contributed by atoms with E-state index in [1.54, 1.807) is 19.1 Å². The Morgan fingerprint density at radius 2 is 1.73 bits per heavy atom. The van der Waals surface area contributed by atoms with E-state index in [9.17, 15) is 13.2 Å². The summed E-state index contributed by atoms with van der Waals surface area (Å²) < 4.78 is 33.8. The Bertz CT molecular complexity index is 1010. The van der Waals surface area contributed by atoms with Crippen molar-refractivity contribution in [3.8, 4) is 5.75 Å². The van der Waals surface area contributed by atoms with Crippen molar-refractivity contribution in [2.75, 3.05) is 11.9 Å². The fraction of sp³-hybridized carbons (Fsp3) is 0.435. The van der Waals surface area contributed by atoms with Gasteiger partial charge in [-0.25, -0.2) is 13.1 Å². The van der Waals surface area contributed by atoms with Crippen LogP contribution in [0.15, 0.2) is 41.3 Å². The lowest BCUT2D eigenvalue weighted by Gasteiger charge is -2.22. The molecule has 2 N–H and O–H groups in total. The molecule has 0 spiro atoms. The van der Waals surface area contributed by atoms with Gasteiger partial charge in [0.1, 0.15) is 5.75 Å². The van der Waals surface area contributed by atoms with Gasteiger partial charge in [0.2, 0.25) is 10.0 Å². The zero-order valence-corrected chi connectivity index (χ0v) is 18.6. The summed E-state index contributed by atoms with van der Waals surface area (Å²) in [5.41, 5.74) is 3.53. The fourth-order valence-electron chi connectivity index (χ4n) is 3.74. The van der Waals surface area contributed by atoms with Gasteiger partial charge in [0.15, 0.2) is 6.61 Å². The number of amides is 1. The van der Waals surface area contributed by atoms with Crippen LogP contribution in [0.5, 0.6) is 5.75 Å². The first-order valence-electron chi connectivity index (χ1n) is 10.4. The lowest BCUT2D eigenvalue weighted by molar-refractivity contribution is -0.118. The molecule has 30 heavy (non-hydrogen) atoms. The number of benzene rings is 2. The molecule has 0 radical (unpaired) electrons. The predicted molar refractivity (Wildman–Crippen MR) is 118 cm³/mol. The first-order chi connectivity index (χ1) is 14.2. The molecule has 1 aliphatic carbocycles. The molecule has 6 nitrogen and oxygen atoms in total. The number of carbonyl (C=O) groups is 1. The smallest absolute Gasteiger partial charge is 0.262 e. The highest BCUT2D eigenvalue weighted by molar-refractivity contribution is 7.89. The van der Waals surface area contributed by atoms with Gasteiger partial charge in [-0.2, -0.15) is 0 Å². The molecule has 1 saturated carbocycles. The number of sulfonamides is 1. The maximum atomic E-state index is 12.7. The standard InChI is InChI=1S/C23H30N2O4S/c1-16-9-11-21(17(2)13-16)24-23(26)15-29-22-12-10-20(14-18(22)3)30(27,28)25-19-7-5-4-6-8-19/h9-14,19,25H,4-8,15H2,1-3H3,(H,24,26). The highest BCUT2D eigenvalue weighted by atomic mass is 32.2. The van der Waals surface area contributed by atoms with Gasteiger partial charge in [-0.1, -0.05) is 37.0 Å². The van der Waals surface area contributed by atoms with Gasteiger partial charge >= 0.3 is 0 Å². The summed E-state index contributed by atoms with van der Waals surface area (Å²) in [5.74, 6) is 0.222. The maximum Gasteiger partial charge on any atom is 0.262 e. The van der Waals surface area contributed by atoms with Crippen molar-refractivity contribution in [1.82, 2.24) is 4.72 Å². The topological polar surface area (TPSA) is 84.5 Å². The van der Waals surface area contributed by atoms with Crippen molar-refractivity contribution in [2.24, 2.45) is 0 Å². The van der Waals surface area contributed by atoms with Crippen LogP contribution < -0.4 is 14.8 Å². The summed E-state index contributed by atoms with van der Waals surface area (Å²) in [7, 11) is -3.56. The summed E-state index contributed by atoms with van der Waals surface area (Å²) in [5, 5.41) is 2.84. The van der Waals surface area contributed by atoms with Crippen molar-refractivity contribution in [3.63, 3.8) is 0 Å². The molecule has 0 heterocycles. The van der Waals surface area contributed by atoms with Crippen LogP contribution in [-0.4, -0.2) is 27.0 Å². The fourth-order valence-corrected chi connectivity index (χ4v) is 5.13. The van der Waals surface area contributed by atoms with Gasteiger partial charge in [0.25, 0.3) is 5.91 Å². The Balaban J connectivity index is 1.60. The normalized spacial score (nSPS) is 15.0. The minimum Gasteiger partial charge on any atom is -0.483 e. The molecule has 162 valence electrons. The van der Waals surface area contributed by atoms with E-state index in [0.717, 1.165) is 42.5 Å². The summed E-state index contributed by atoms with van der Waals surface area (Å²) in [6.07, 6.45) is 5.05. The van der Waals surface area contributed by atoms with Crippen molar-refractivity contribution < 1.29 is 17.9 Å². The van der Waals surface area contributed by atoms with E-state index in [4.69, 9.17) is 4.74 Å². The summed E-state index contributed by atoms with van der Waals surface area (Å²) >= 11 is 0. The quantitative estimate of drug-likeness (QED) is 0.688. The summed E-state index contributed by atoms with van der Waals surface area (Å²) in [6, 6.07) is 10.5. The number of hydrogen-bond acceptors (Lipinski definition) is 4. The number of nitrogens with one attached hydrogen (secondary N) is 2. The number of hydrogen-bond donors (Lipinski definition) is 2. The number of ether oxygens (including phenoxy) is 1. The van der Waals surface area contributed by atoms with Gasteiger partial charge in [0, 0.05) is 11.7 Å². The minimum atomic E-state index is -3.56. The second-order valence-electron chi connectivity index (χ2n) is 8.04. The van der Waals surface area contributed by atoms with Crippen LogP contribution in [0.3, 0.4) is 0 Å². The zero-order valence-electron chi connectivity index (χ0n) is 17.8. The first kappa shape index (κ1) is 22.3. The molecule has 7 heteroatoms. The second-order valence-corrected chi connectivity index (χ2v) is 9.75. The number of rotatable bonds is 7. The third kappa shape index (κ3) is 5.83. The average Bonchev–Trinajstić information content (AvgIpc) is 2.69. The lowest BCUT2D eigenvalue weighted by atomic mass is 9.96. The van der Waals surface area contributed by atoms with Crippen LogP contribution in [0.2, 0.25) is 0 Å². The zero-order chi connectivity index (χ0) is 21.7. The van der Waals surface area contributed by atoms with Gasteiger partial charge in [-0.05, 0) is 69.0 Å². The van der Waals surface area contributed by atoms with E-state index in [1.165, 1.54) is 12.5 Å². The van der Waals surface area contributed by atoms with Gasteiger partial charge in [-0.15, -0.1) is 0 Å². The van der Waals surface area contributed by atoms with E-state index >= 15 is 0 Å². The van der Waals surface area contributed by atoms with Crippen LogP contribution in [0.4, 0.5) is 5.69 Å². The number of carbonyl (C=O) groups excluding carboxylic acids is 1. The van der Waals surface area contributed by atoms with Crippen LogP contribution >= 0.6 is 0 Å². The molecule has 0 saturated heterocycles. The molecule has 0 bridgehead atoms. The molecule has 0 aromatic heterocycles. The monoisotopic (exact) mass is 430 g/mol. The van der Waals surface area contributed by atoms with Crippen molar-refractivity contribution in [2.45, 2.75) is 63.8 Å². The highest BCUT2D eigenvalue weighted by Gasteiger charge is 2.22. The molecule has 2 aromatic carbocycles. The van der Waals surface area contributed by atoms with Crippen LogP contribution in [-0.2, 0) is 14.8 Å². The Morgan fingerprint density at radius 1 is 1.00 bits per heavy atom. The highest BCUT2D eigenvalue weighted by Crippen LogP contribution is 2.24. The van der Waals surface area contributed by atoms with Gasteiger partial charge in [-0.3, -0.25) is 4.79 Å². The lowest BCUT2D eigenvalue weighted by Crippen LogP contribution is -2.36. The summed E-state index contributed by atoms with van der Waals surface area (Å²) in [4.78, 5) is 12.5. The average molecular weight is 431 g/mol. The van der Waals surface area contributed by atoms with E-state index in [-0.39, 0.29) is 23.5 Å². The van der Waals surface area contributed by atoms with Crippen LogP contribution in [0.1, 0.15) is 48.8 Å². The Hall–Kier alpha value is -2.38. The third-order valence-corrected chi connectivity index (χ3v) is 6.92. The molecule has 3 rings (SSSR count). The molecule has 0 atom stereocenters. The molecular formula is C23H30N2O4S. The molecule has 1 aliphatic rings. The van der Waals surface area contributed by atoms with Crippen LogP contribution in [0.25, 0.3) is 0 Å². The van der Waals surface area contributed by atoms with Crippen molar-refractivity contribution in [3.05, 3.63) is 53.1 Å². The Labute approximate surface area is 179 Å². The molecule has 2 aromatic rings. The molecule has 1 amide bonds. The first-order valence-corrected chi connectivity index (χ1v) is 11.9. The van der Waals surface area contributed by atoms with Crippen molar-refractivity contribution in [1.29, 1.82) is 0 Å². The third-order valence-electron chi connectivity index (χ3n) is 5.40. The largest absolute Gasteiger partial charge is 0.483 e. The van der Waals surface area contributed by atoms with E-state index in [2.05, 4.69) is 10.0 Å². The Kier molecular flexibility index (Phi) is 7.15. The Morgan fingerprint density at radius 3 is 2.40 bits per heavy atom. The SMILES string of the molecule is Cc1ccc(NC(=O)COc2ccc(S(=O)(=O)NC3CCCCC3)cc2C)c(C)c1.